The van der Waals surface area contributed by atoms with Gasteiger partial charge in [-0.25, -0.2) is 8.78 Å². The molecule has 0 unspecified atom stereocenters. The molecule has 0 saturated heterocycles. The zero-order chi connectivity index (χ0) is 15.0. The van der Waals surface area contributed by atoms with Crippen LogP contribution in [0.3, 0.4) is 0 Å². The van der Waals surface area contributed by atoms with Gasteiger partial charge >= 0.3 is 0 Å². The number of benzene rings is 2. The second-order valence-electron chi connectivity index (χ2n) is 4.47. The maximum absolute atomic E-state index is 13.6. The molecule has 0 saturated carbocycles. The van der Waals surface area contributed by atoms with E-state index >= 15 is 0 Å². The lowest BCUT2D eigenvalue weighted by Crippen LogP contribution is -2.15. The summed E-state index contributed by atoms with van der Waals surface area (Å²) in [5.74, 6) is -1.95. The van der Waals surface area contributed by atoms with Crippen molar-refractivity contribution in [1.82, 2.24) is 0 Å². The van der Waals surface area contributed by atoms with Crippen LogP contribution in [-0.2, 0) is 0 Å². The lowest BCUT2D eigenvalue weighted by molar-refractivity contribution is 0.0732. The quantitative estimate of drug-likeness (QED) is 0.884. The summed E-state index contributed by atoms with van der Waals surface area (Å²) >= 11 is 0. The molecule has 1 aliphatic rings. The molecule has 0 aliphatic carbocycles. The first-order valence-corrected chi connectivity index (χ1v) is 6.14. The minimum absolute atomic E-state index is 0.0392. The molecule has 2 aromatic carbocycles. The Morgan fingerprint density at radius 3 is 2.48 bits per heavy atom. The highest BCUT2D eigenvalue weighted by Crippen LogP contribution is 2.34. The van der Waals surface area contributed by atoms with Crippen molar-refractivity contribution in [3.63, 3.8) is 0 Å². The molecule has 1 aliphatic heterocycles. The number of aliphatic hydroxyl groups excluding tert-OH is 1. The van der Waals surface area contributed by atoms with E-state index in [2.05, 4.69) is 0 Å². The van der Waals surface area contributed by atoms with Gasteiger partial charge in [0.15, 0.2) is 17.3 Å². The molecule has 0 aromatic heterocycles. The molecule has 108 valence electrons. The summed E-state index contributed by atoms with van der Waals surface area (Å²) in [5, 5.41) is 9.95. The van der Waals surface area contributed by atoms with E-state index < -0.39 is 29.1 Å². The van der Waals surface area contributed by atoms with Crippen molar-refractivity contribution in [2.45, 2.75) is 6.10 Å². The van der Waals surface area contributed by atoms with Crippen LogP contribution in [0.1, 0.15) is 22.0 Å². The summed E-state index contributed by atoms with van der Waals surface area (Å²) in [6, 6.07) is 7.39. The Bertz CT molecular complexity index is 695. The molecule has 3 rings (SSSR count). The monoisotopic (exact) mass is 292 g/mol. The molecule has 0 amide bonds. The van der Waals surface area contributed by atoms with Gasteiger partial charge in [0.2, 0.25) is 6.79 Å². The normalized spacial score (nSPS) is 14.0. The van der Waals surface area contributed by atoms with E-state index in [0.717, 1.165) is 18.2 Å². The summed E-state index contributed by atoms with van der Waals surface area (Å²) in [7, 11) is 0. The van der Waals surface area contributed by atoms with Crippen molar-refractivity contribution in [3.05, 3.63) is 59.2 Å². The molecule has 6 heteroatoms. The van der Waals surface area contributed by atoms with Crippen LogP contribution >= 0.6 is 0 Å². The first-order chi connectivity index (χ1) is 10.1. The topological polar surface area (TPSA) is 55.8 Å². The molecule has 2 aromatic rings. The summed E-state index contributed by atoms with van der Waals surface area (Å²) in [5.41, 5.74) is -0.588. The largest absolute Gasteiger partial charge is 0.454 e. The molecular weight excluding hydrogens is 282 g/mol. The number of rotatable bonds is 3. The Hall–Kier alpha value is -2.47. The Labute approximate surface area is 118 Å². The molecule has 0 bridgehead atoms. The number of carbonyl (C=O) groups excluding carboxylic acids is 1. The third-order valence-corrected chi connectivity index (χ3v) is 3.18. The van der Waals surface area contributed by atoms with Gasteiger partial charge in [-0.2, -0.15) is 0 Å². The minimum Gasteiger partial charge on any atom is -0.454 e. The lowest BCUT2D eigenvalue weighted by Gasteiger charge is -2.12. The number of hydrogen-bond donors (Lipinski definition) is 1. The van der Waals surface area contributed by atoms with Crippen LogP contribution in [0.4, 0.5) is 8.78 Å². The number of ketones is 1. The maximum atomic E-state index is 13.6. The second kappa shape index (κ2) is 5.14. The van der Waals surface area contributed by atoms with Crippen molar-refractivity contribution in [1.29, 1.82) is 0 Å². The third kappa shape index (κ3) is 2.34. The Kier molecular flexibility index (Phi) is 3.31. The Morgan fingerprint density at radius 2 is 1.76 bits per heavy atom. The van der Waals surface area contributed by atoms with Crippen LogP contribution in [0.25, 0.3) is 0 Å². The minimum atomic E-state index is -1.92. The fraction of sp³-hybridized carbons (Fsp3) is 0.133. The van der Waals surface area contributed by atoms with E-state index in [9.17, 15) is 18.7 Å². The van der Waals surface area contributed by atoms with Crippen molar-refractivity contribution >= 4 is 5.78 Å². The zero-order valence-corrected chi connectivity index (χ0v) is 10.7. The molecular formula is C15H10F2O4. The van der Waals surface area contributed by atoms with Gasteiger partial charge in [-0.05, 0) is 30.3 Å². The third-order valence-electron chi connectivity index (χ3n) is 3.18. The SMILES string of the molecule is O=C(c1ccc2c(c1)OCO2)[C@H](O)c1c(F)cccc1F. The van der Waals surface area contributed by atoms with Crippen molar-refractivity contribution in [2.24, 2.45) is 0 Å². The van der Waals surface area contributed by atoms with E-state index in [1.54, 1.807) is 0 Å². The van der Waals surface area contributed by atoms with Crippen LogP contribution in [0.15, 0.2) is 36.4 Å². The summed E-state index contributed by atoms with van der Waals surface area (Å²) in [6.45, 7) is 0.0392. The average Bonchev–Trinajstić information content (AvgIpc) is 2.93. The fourth-order valence-electron chi connectivity index (χ4n) is 2.11. The number of fused-ring (bicyclic) bond motifs is 1. The van der Waals surface area contributed by atoms with Gasteiger partial charge < -0.3 is 14.6 Å². The van der Waals surface area contributed by atoms with Crippen LogP contribution < -0.4 is 9.47 Å². The molecule has 0 spiro atoms. The number of Topliss-reactive ketones (excluding diaryl/α,β-unsaturated/α-hetero) is 1. The van der Waals surface area contributed by atoms with Gasteiger partial charge in [0, 0.05) is 5.56 Å². The van der Waals surface area contributed by atoms with Gasteiger partial charge in [0.05, 0.1) is 5.56 Å². The molecule has 1 atom stereocenters. The van der Waals surface area contributed by atoms with Gasteiger partial charge in [-0.1, -0.05) is 6.07 Å². The first kappa shape index (κ1) is 13.5. The second-order valence-corrected chi connectivity index (χ2v) is 4.47. The lowest BCUT2D eigenvalue weighted by atomic mass is 9.99. The van der Waals surface area contributed by atoms with Gasteiger partial charge in [0.25, 0.3) is 0 Å². The van der Waals surface area contributed by atoms with Crippen molar-refractivity contribution in [3.8, 4) is 11.5 Å². The fourth-order valence-corrected chi connectivity index (χ4v) is 2.11. The van der Waals surface area contributed by atoms with Crippen molar-refractivity contribution < 1.29 is 28.2 Å². The number of carbonyl (C=O) groups is 1. The molecule has 1 heterocycles. The van der Waals surface area contributed by atoms with Crippen LogP contribution in [0, 0.1) is 11.6 Å². The maximum Gasteiger partial charge on any atom is 0.231 e. The Morgan fingerprint density at radius 1 is 1.10 bits per heavy atom. The molecule has 1 N–H and O–H groups in total. The highest BCUT2D eigenvalue weighted by atomic mass is 19.1. The smallest absolute Gasteiger partial charge is 0.231 e. The summed E-state index contributed by atoms with van der Waals surface area (Å²) in [6.07, 6.45) is -1.92. The van der Waals surface area contributed by atoms with Gasteiger partial charge in [-0.3, -0.25) is 4.79 Å². The predicted octanol–water partition coefficient (Wildman–Crippen LogP) is 2.61. The number of hydrogen-bond acceptors (Lipinski definition) is 4. The van der Waals surface area contributed by atoms with Crippen LogP contribution in [0.5, 0.6) is 11.5 Å². The molecule has 21 heavy (non-hydrogen) atoms. The van der Waals surface area contributed by atoms with Gasteiger partial charge in [-0.15, -0.1) is 0 Å². The molecule has 4 nitrogen and oxygen atoms in total. The van der Waals surface area contributed by atoms with E-state index in [4.69, 9.17) is 9.47 Å². The van der Waals surface area contributed by atoms with Gasteiger partial charge in [0.1, 0.15) is 17.7 Å². The highest BCUT2D eigenvalue weighted by molar-refractivity contribution is 6.00. The average molecular weight is 292 g/mol. The predicted molar refractivity (Wildman–Crippen MR) is 68.2 cm³/mol. The number of ether oxygens (including phenoxy) is 2. The first-order valence-electron chi connectivity index (χ1n) is 6.14. The molecule has 0 fully saturated rings. The molecule has 0 radical (unpaired) electrons. The van der Waals surface area contributed by atoms with E-state index in [0.29, 0.717) is 11.5 Å². The number of aliphatic hydroxyl groups is 1. The Balaban J connectivity index is 1.95. The summed E-state index contributed by atoms with van der Waals surface area (Å²) in [4.78, 5) is 12.2. The van der Waals surface area contributed by atoms with E-state index in [-0.39, 0.29) is 12.4 Å². The van der Waals surface area contributed by atoms with E-state index in [1.807, 2.05) is 0 Å². The number of halogens is 2. The standard InChI is InChI=1S/C15H10F2O4/c16-9-2-1-3-10(17)13(9)15(19)14(18)8-4-5-11-12(6-8)21-7-20-11/h1-6,15,19H,7H2/t15-/m1/s1. The van der Waals surface area contributed by atoms with E-state index in [1.165, 1.54) is 18.2 Å². The summed E-state index contributed by atoms with van der Waals surface area (Å²) < 4.78 is 37.4. The van der Waals surface area contributed by atoms with Crippen LogP contribution in [0.2, 0.25) is 0 Å². The van der Waals surface area contributed by atoms with Crippen LogP contribution in [-0.4, -0.2) is 17.7 Å². The highest BCUT2D eigenvalue weighted by Gasteiger charge is 2.27. The zero-order valence-electron chi connectivity index (χ0n) is 10.7. The van der Waals surface area contributed by atoms with Crippen molar-refractivity contribution in [2.75, 3.05) is 6.79 Å².